The molecule has 3 aromatic rings. The van der Waals surface area contributed by atoms with Crippen molar-refractivity contribution in [2.75, 3.05) is 18.6 Å². The third-order valence-corrected chi connectivity index (χ3v) is 5.17. The predicted octanol–water partition coefficient (Wildman–Crippen LogP) is 5.20. The molecule has 0 bridgehead atoms. The van der Waals surface area contributed by atoms with Crippen LogP contribution in [0.2, 0.25) is 0 Å². The number of aromatic nitrogens is 2. The zero-order valence-corrected chi connectivity index (χ0v) is 19.0. The van der Waals surface area contributed by atoms with Crippen molar-refractivity contribution >= 4 is 29.2 Å². The maximum Gasteiger partial charge on any atom is 0.417 e. The molecule has 0 saturated heterocycles. The minimum absolute atomic E-state index is 0.169. The quantitative estimate of drug-likeness (QED) is 0.430. The second-order valence-corrected chi connectivity index (χ2v) is 7.93. The van der Waals surface area contributed by atoms with Crippen molar-refractivity contribution in [3.05, 3.63) is 59.3 Å². The zero-order chi connectivity index (χ0) is 23.1. The van der Waals surface area contributed by atoms with Crippen LogP contribution in [-0.4, -0.2) is 36.0 Å². The van der Waals surface area contributed by atoms with E-state index in [2.05, 4.69) is 23.8 Å². The van der Waals surface area contributed by atoms with Gasteiger partial charge in [0.05, 0.1) is 23.9 Å². The average Bonchev–Trinajstić information content (AvgIpc) is 2.81. The monoisotopic (exact) mass is 435 g/mol. The molecule has 1 amide bonds. The van der Waals surface area contributed by atoms with E-state index in [-0.39, 0.29) is 12.6 Å². The molecule has 7 nitrogen and oxygen atoms in total. The summed E-state index contributed by atoms with van der Waals surface area (Å²) >= 11 is 0. The van der Waals surface area contributed by atoms with Gasteiger partial charge in [-0.2, -0.15) is 0 Å². The summed E-state index contributed by atoms with van der Waals surface area (Å²) in [6.45, 7) is 6.77. The molecule has 0 aliphatic rings. The Hall–Kier alpha value is -3.48. The summed E-state index contributed by atoms with van der Waals surface area (Å²) in [5.74, 6) is 1.11. The van der Waals surface area contributed by atoms with Crippen molar-refractivity contribution in [3.63, 3.8) is 0 Å². The first kappa shape index (κ1) is 23.2. The maximum absolute atomic E-state index is 13.0. The number of benzene rings is 2. The lowest BCUT2D eigenvalue weighted by Gasteiger charge is -2.22. The van der Waals surface area contributed by atoms with E-state index < -0.39 is 6.09 Å². The largest absolute Gasteiger partial charge is 0.496 e. The Bertz CT molecular complexity index is 1080. The van der Waals surface area contributed by atoms with Crippen molar-refractivity contribution in [1.82, 2.24) is 9.97 Å². The highest BCUT2D eigenvalue weighted by molar-refractivity contribution is 5.93. The lowest BCUT2D eigenvalue weighted by molar-refractivity contribution is 0.112. The molecule has 0 fully saturated rings. The van der Waals surface area contributed by atoms with Gasteiger partial charge in [-0.1, -0.05) is 51.1 Å². The van der Waals surface area contributed by atoms with Crippen LogP contribution in [0.25, 0.3) is 10.9 Å². The number of hydrogen-bond donors (Lipinski definition) is 0. The number of anilines is 1. The molecule has 0 saturated carbocycles. The lowest BCUT2D eigenvalue weighted by atomic mass is 10.1. The first-order chi connectivity index (χ1) is 15.5. The third kappa shape index (κ3) is 5.41. The van der Waals surface area contributed by atoms with Crippen LogP contribution in [0.4, 0.5) is 10.7 Å². The normalized spacial score (nSPS) is 10.9. The minimum Gasteiger partial charge on any atom is -0.496 e. The molecule has 0 N–H and O–H groups in total. The third-order valence-electron chi connectivity index (χ3n) is 5.17. The van der Waals surface area contributed by atoms with Crippen LogP contribution >= 0.6 is 0 Å². The van der Waals surface area contributed by atoms with Gasteiger partial charge >= 0.3 is 6.09 Å². The highest BCUT2D eigenvalue weighted by Crippen LogP contribution is 2.28. The smallest absolute Gasteiger partial charge is 0.417 e. The average molecular weight is 436 g/mol. The van der Waals surface area contributed by atoms with E-state index in [4.69, 9.17) is 9.47 Å². The van der Waals surface area contributed by atoms with Gasteiger partial charge in [-0.25, -0.2) is 19.7 Å². The molecule has 1 heterocycles. The SMILES string of the molecule is CCc1nc(N(CCC(C)C)C(=O)OCc2ccccc2)nc2cc(OC)c(C=O)cc12. The fourth-order valence-electron chi connectivity index (χ4n) is 3.34. The zero-order valence-electron chi connectivity index (χ0n) is 19.0. The van der Waals surface area contributed by atoms with Crippen molar-refractivity contribution in [2.45, 2.75) is 40.2 Å². The number of rotatable bonds is 9. The summed E-state index contributed by atoms with van der Waals surface area (Å²) in [5, 5.41) is 0.764. The van der Waals surface area contributed by atoms with Crippen LogP contribution in [-0.2, 0) is 17.8 Å². The second kappa shape index (κ2) is 10.7. The highest BCUT2D eigenvalue weighted by atomic mass is 16.6. The number of aldehydes is 1. The van der Waals surface area contributed by atoms with Gasteiger partial charge in [0.1, 0.15) is 12.4 Å². The van der Waals surface area contributed by atoms with E-state index in [1.54, 1.807) is 12.1 Å². The van der Waals surface area contributed by atoms with E-state index in [1.165, 1.54) is 12.0 Å². The van der Waals surface area contributed by atoms with E-state index >= 15 is 0 Å². The summed E-state index contributed by atoms with van der Waals surface area (Å²) < 4.78 is 10.9. The second-order valence-electron chi connectivity index (χ2n) is 7.93. The molecule has 0 unspecified atom stereocenters. The van der Waals surface area contributed by atoms with Gasteiger partial charge in [0.25, 0.3) is 0 Å². The molecule has 3 rings (SSSR count). The number of amides is 1. The summed E-state index contributed by atoms with van der Waals surface area (Å²) in [6.07, 6.45) is 1.65. The summed E-state index contributed by atoms with van der Waals surface area (Å²) in [4.78, 5) is 35.3. The van der Waals surface area contributed by atoms with Gasteiger partial charge in [0.15, 0.2) is 6.29 Å². The number of hydrogen-bond acceptors (Lipinski definition) is 6. The van der Waals surface area contributed by atoms with Crippen molar-refractivity contribution in [2.24, 2.45) is 5.92 Å². The van der Waals surface area contributed by atoms with Crippen molar-refractivity contribution in [1.29, 1.82) is 0 Å². The topological polar surface area (TPSA) is 81.6 Å². The van der Waals surface area contributed by atoms with Gasteiger partial charge in [0, 0.05) is 18.0 Å². The summed E-state index contributed by atoms with van der Waals surface area (Å²) in [6, 6.07) is 13.0. The number of fused-ring (bicyclic) bond motifs is 1. The van der Waals surface area contributed by atoms with Crippen LogP contribution in [0.15, 0.2) is 42.5 Å². The summed E-state index contributed by atoms with van der Waals surface area (Å²) in [5.41, 5.74) is 2.70. The lowest BCUT2D eigenvalue weighted by Crippen LogP contribution is -2.34. The fourth-order valence-corrected chi connectivity index (χ4v) is 3.34. The predicted molar refractivity (Wildman–Crippen MR) is 124 cm³/mol. The fraction of sp³-hybridized carbons (Fsp3) is 0.360. The molecule has 168 valence electrons. The van der Waals surface area contributed by atoms with E-state index in [1.807, 2.05) is 37.3 Å². The Morgan fingerprint density at radius 3 is 2.53 bits per heavy atom. The Morgan fingerprint density at radius 1 is 1.16 bits per heavy atom. The number of aryl methyl sites for hydroxylation is 1. The number of carbonyl (C=O) groups is 2. The van der Waals surface area contributed by atoms with Crippen LogP contribution in [0.1, 0.15) is 48.8 Å². The molecular formula is C25H29N3O4. The Kier molecular flexibility index (Phi) is 7.76. The van der Waals surface area contributed by atoms with Gasteiger partial charge in [0.2, 0.25) is 5.95 Å². The van der Waals surface area contributed by atoms with Crippen LogP contribution in [0.5, 0.6) is 5.75 Å². The first-order valence-electron chi connectivity index (χ1n) is 10.8. The van der Waals surface area contributed by atoms with Gasteiger partial charge in [-0.3, -0.25) is 4.79 Å². The number of carbonyl (C=O) groups excluding carboxylic acids is 2. The van der Waals surface area contributed by atoms with Crippen molar-refractivity contribution < 1.29 is 19.1 Å². The molecule has 2 aromatic carbocycles. The van der Waals surface area contributed by atoms with Crippen LogP contribution < -0.4 is 9.64 Å². The number of ether oxygens (including phenoxy) is 2. The van der Waals surface area contributed by atoms with E-state index in [9.17, 15) is 9.59 Å². The summed E-state index contributed by atoms with van der Waals surface area (Å²) in [7, 11) is 1.51. The Labute approximate surface area is 188 Å². The van der Waals surface area contributed by atoms with Gasteiger partial charge in [-0.05, 0) is 30.4 Å². The maximum atomic E-state index is 13.0. The van der Waals surface area contributed by atoms with E-state index in [0.29, 0.717) is 35.7 Å². The van der Waals surface area contributed by atoms with Gasteiger partial charge in [-0.15, -0.1) is 0 Å². The first-order valence-corrected chi connectivity index (χ1v) is 10.8. The van der Waals surface area contributed by atoms with Crippen LogP contribution in [0, 0.1) is 5.92 Å². The standard InChI is InChI=1S/C25H29N3O4/c1-5-21-20-13-19(15-29)23(31-4)14-22(20)27-24(26-21)28(12-11-17(2)3)25(30)32-16-18-9-7-6-8-10-18/h6-10,13-15,17H,5,11-12,16H2,1-4H3. The highest BCUT2D eigenvalue weighted by Gasteiger charge is 2.23. The van der Waals surface area contributed by atoms with Gasteiger partial charge < -0.3 is 9.47 Å². The van der Waals surface area contributed by atoms with E-state index in [0.717, 1.165) is 29.4 Å². The molecule has 0 spiro atoms. The minimum atomic E-state index is -0.493. The Morgan fingerprint density at radius 2 is 1.91 bits per heavy atom. The molecule has 32 heavy (non-hydrogen) atoms. The number of methoxy groups -OCH3 is 1. The molecule has 0 radical (unpaired) electrons. The van der Waals surface area contributed by atoms with Crippen molar-refractivity contribution in [3.8, 4) is 5.75 Å². The molecule has 0 atom stereocenters. The molecule has 7 heteroatoms. The molecule has 0 aliphatic heterocycles. The Balaban J connectivity index is 1.99. The van der Waals surface area contributed by atoms with Crippen LogP contribution in [0.3, 0.4) is 0 Å². The molecular weight excluding hydrogens is 406 g/mol. The molecule has 1 aromatic heterocycles. The number of nitrogens with zero attached hydrogens (tertiary/aromatic N) is 3. The molecule has 0 aliphatic carbocycles.